The second-order valence-corrected chi connectivity index (χ2v) is 10.1. The van der Waals surface area contributed by atoms with Gasteiger partial charge in [-0.1, -0.05) is 102 Å². The molecule has 40 heavy (non-hydrogen) atoms. The van der Waals surface area contributed by atoms with Crippen LogP contribution in [0.2, 0.25) is 0 Å². The van der Waals surface area contributed by atoms with E-state index in [1.165, 1.54) is 0 Å². The van der Waals surface area contributed by atoms with E-state index < -0.39 is 30.0 Å². The summed E-state index contributed by atoms with van der Waals surface area (Å²) in [7, 11) is 0. The van der Waals surface area contributed by atoms with Gasteiger partial charge in [0.05, 0.1) is 39.1 Å². The highest BCUT2D eigenvalue weighted by molar-refractivity contribution is 5.19. The lowest BCUT2D eigenvalue weighted by atomic mass is 9.86. The summed E-state index contributed by atoms with van der Waals surface area (Å²) in [5, 5.41) is 3.76. The van der Waals surface area contributed by atoms with Crippen molar-refractivity contribution in [1.82, 2.24) is 0 Å². The highest BCUT2D eigenvalue weighted by Gasteiger charge is 2.63. The second kappa shape index (κ2) is 13.7. The first-order valence-electron chi connectivity index (χ1n) is 13.6. The Morgan fingerprint density at radius 1 is 0.875 bits per heavy atom. The van der Waals surface area contributed by atoms with Gasteiger partial charge in [0.25, 0.3) is 0 Å². The lowest BCUT2D eigenvalue weighted by Crippen LogP contribution is -2.50. The van der Waals surface area contributed by atoms with Gasteiger partial charge in [-0.25, -0.2) is 0 Å². The summed E-state index contributed by atoms with van der Waals surface area (Å²) in [6, 6.07) is 30.1. The Bertz CT molecular complexity index is 1260. The Morgan fingerprint density at radius 2 is 1.45 bits per heavy atom. The molecule has 5 rings (SSSR count). The molecule has 0 saturated carbocycles. The first kappa shape index (κ1) is 28.1. The molecule has 208 valence electrons. The van der Waals surface area contributed by atoms with Crippen LogP contribution in [0.15, 0.2) is 109 Å². The number of nitrogens with zero attached hydrogens (tertiary/aromatic N) is 3. The molecule has 0 unspecified atom stereocenters. The molecule has 0 amide bonds. The van der Waals surface area contributed by atoms with E-state index in [-0.39, 0.29) is 12.6 Å². The summed E-state index contributed by atoms with van der Waals surface area (Å²) in [6.45, 7) is 5.78. The largest absolute Gasteiger partial charge is 0.374 e. The molecule has 8 heteroatoms. The zero-order chi connectivity index (χ0) is 27.6. The van der Waals surface area contributed by atoms with E-state index >= 15 is 0 Å². The van der Waals surface area contributed by atoms with E-state index in [0.717, 1.165) is 16.7 Å². The van der Waals surface area contributed by atoms with Crippen LogP contribution in [0.1, 0.15) is 23.1 Å². The van der Waals surface area contributed by atoms with E-state index in [1.807, 2.05) is 91.0 Å². The second-order valence-electron chi connectivity index (χ2n) is 10.1. The molecular formula is C32H35N3O5. The van der Waals surface area contributed by atoms with Crippen LogP contribution >= 0.6 is 0 Å². The fourth-order valence-electron chi connectivity index (χ4n) is 5.57. The van der Waals surface area contributed by atoms with Crippen LogP contribution in [0, 0.1) is 0 Å². The Labute approximate surface area is 235 Å². The molecular weight excluding hydrogens is 506 g/mol. The number of rotatable bonds is 13. The number of azide groups is 1. The van der Waals surface area contributed by atoms with Crippen molar-refractivity contribution in [3.05, 3.63) is 131 Å². The topological polar surface area (TPSA) is 94.9 Å². The molecule has 3 aromatic carbocycles. The normalized spacial score (nSPS) is 27.4. The number of ether oxygens (including phenoxy) is 5. The average molecular weight is 542 g/mol. The van der Waals surface area contributed by atoms with Crippen LogP contribution in [0.4, 0.5) is 0 Å². The summed E-state index contributed by atoms with van der Waals surface area (Å²) in [4.78, 5) is 2.92. The van der Waals surface area contributed by atoms with Crippen LogP contribution in [0.5, 0.6) is 0 Å². The van der Waals surface area contributed by atoms with Gasteiger partial charge in [-0.05, 0) is 22.2 Å². The van der Waals surface area contributed by atoms with Gasteiger partial charge in [-0.2, -0.15) is 0 Å². The predicted octanol–water partition coefficient (Wildman–Crippen LogP) is 6.17. The SMILES string of the molecule is C=C[C@H]1O[C@@H](CN=[N+]=[N-])C[C@]12O[C@H](COCc1ccccc1)[C@@H](OCc1ccccc1)[C@@H]2OCc1ccccc1. The monoisotopic (exact) mass is 541 g/mol. The molecule has 0 N–H and O–H groups in total. The highest BCUT2D eigenvalue weighted by atomic mass is 16.6. The molecule has 2 aliphatic rings. The Morgan fingerprint density at radius 3 is 2.02 bits per heavy atom. The smallest absolute Gasteiger partial charge is 0.130 e. The Balaban J connectivity index is 1.42. The third-order valence-corrected chi connectivity index (χ3v) is 7.40. The lowest BCUT2D eigenvalue weighted by Gasteiger charge is -2.34. The Hall–Kier alpha value is -3.49. The van der Waals surface area contributed by atoms with Crippen LogP contribution < -0.4 is 0 Å². The molecule has 3 aromatic rings. The lowest BCUT2D eigenvalue weighted by molar-refractivity contribution is -0.137. The van der Waals surface area contributed by atoms with E-state index in [9.17, 15) is 0 Å². The molecule has 2 heterocycles. The number of benzene rings is 3. The van der Waals surface area contributed by atoms with Gasteiger partial charge in [0.15, 0.2) is 0 Å². The molecule has 8 nitrogen and oxygen atoms in total. The zero-order valence-electron chi connectivity index (χ0n) is 22.5. The van der Waals surface area contributed by atoms with Crippen molar-refractivity contribution >= 4 is 0 Å². The molecule has 2 aliphatic heterocycles. The molecule has 0 radical (unpaired) electrons. The van der Waals surface area contributed by atoms with Gasteiger partial charge < -0.3 is 23.7 Å². The highest BCUT2D eigenvalue weighted by Crippen LogP contribution is 2.47. The van der Waals surface area contributed by atoms with Crippen molar-refractivity contribution in [3.8, 4) is 0 Å². The quantitative estimate of drug-likeness (QED) is 0.112. The molecule has 6 atom stereocenters. The maximum Gasteiger partial charge on any atom is 0.130 e. The van der Waals surface area contributed by atoms with Gasteiger partial charge in [-0.15, -0.1) is 6.58 Å². The molecule has 0 bridgehead atoms. The number of hydrogen-bond donors (Lipinski definition) is 0. The maximum absolute atomic E-state index is 8.91. The van der Waals surface area contributed by atoms with Crippen LogP contribution in [0.25, 0.3) is 10.4 Å². The van der Waals surface area contributed by atoms with Gasteiger partial charge in [0, 0.05) is 11.3 Å². The van der Waals surface area contributed by atoms with Gasteiger partial charge in [0.2, 0.25) is 0 Å². The first-order valence-corrected chi connectivity index (χ1v) is 13.6. The molecule has 2 saturated heterocycles. The molecule has 0 aromatic heterocycles. The standard InChI is InChI=1S/C32H35N3O5/c1-2-29-32(18-27(39-29)19-34-35-33)31(38-22-26-16-10-5-11-17-26)30(37-21-25-14-8-4-9-15-25)28(40-32)23-36-20-24-12-6-3-7-13-24/h2-17,27-31H,1,18-23H2/t27-,28-,29-,30-,31+,32+/m1/s1. The van der Waals surface area contributed by atoms with Crippen molar-refractivity contribution in [2.75, 3.05) is 13.2 Å². The van der Waals surface area contributed by atoms with Crippen molar-refractivity contribution in [2.45, 2.75) is 62.4 Å². The summed E-state index contributed by atoms with van der Waals surface area (Å²) in [5.74, 6) is 0. The van der Waals surface area contributed by atoms with Gasteiger partial charge in [0.1, 0.15) is 30.0 Å². The fourth-order valence-corrected chi connectivity index (χ4v) is 5.57. The third-order valence-electron chi connectivity index (χ3n) is 7.40. The van der Waals surface area contributed by atoms with Crippen molar-refractivity contribution < 1.29 is 23.7 Å². The average Bonchev–Trinajstić information content (AvgIpc) is 3.51. The molecule has 2 fully saturated rings. The predicted molar refractivity (Wildman–Crippen MR) is 151 cm³/mol. The minimum Gasteiger partial charge on any atom is -0.374 e. The minimum atomic E-state index is -0.881. The van der Waals surface area contributed by atoms with E-state index in [4.69, 9.17) is 29.2 Å². The van der Waals surface area contributed by atoms with Crippen molar-refractivity contribution in [1.29, 1.82) is 0 Å². The van der Waals surface area contributed by atoms with E-state index in [0.29, 0.717) is 32.8 Å². The van der Waals surface area contributed by atoms with Crippen molar-refractivity contribution in [2.24, 2.45) is 5.11 Å². The summed E-state index contributed by atoms with van der Waals surface area (Å²) in [5.41, 5.74) is 11.2. The van der Waals surface area contributed by atoms with Gasteiger partial charge >= 0.3 is 0 Å². The van der Waals surface area contributed by atoms with E-state index in [1.54, 1.807) is 6.08 Å². The third kappa shape index (κ3) is 6.62. The van der Waals surface area contributed by atoms with Crippen LogP contribution in [0.3, 0.4) is 0 Å². The summed E-state index contributed by atoms with van der Waals surface area (Å²) >= 11 is 0. The van der Waals surface area contributed by atoms with E-state index in [2.05, 4.69) is 16.6 Å². The Kier molecular flexibility index (Phi) is 9.63. The van der Waals surface area contributed by atoms with Gasteiger partial charge in [-0.3, -0.25) is 0 Å². The zero-order valence-corrected chi connectivity index (χ0v) is 22.5. The van der Waals surface area contributed by atoms with Crippen LogP contribution in [-0.2, 0) is 43.5 Å². The molecule has 0 aliphatic carbocycles. The molecule has 1 spiro atoms. The number of hydrogen-bond acceptors (Lipinski definition) is 6. The maximum atomic E-state index is 8.91. The minimum absolute atomic E-state index is 0.196. The summed E-state index contributed by atoms with van der Waals surface area (Å²) in [6.07, 6.45) is 0.0655. The fraction of sp³-hybridized carbons (Fsp3) is 0.375. The summed E-state index contributed by atoms with van der Waals surface area (Å²) < 4.78 is 32.6. The first-order chi connectivity index (χ1) is 19.7. The van der Waals surface area contributed by atoms with Crippen molar-refractivity contribution in [3.63, 3.8) is 0 Å². The van der Waals surface area contributed by atoms with Crippen LogP contribution in [-0.4, -0.2) is 49.3 Å².